The number of nitrogens with zero attached hydrogens (tertiary/aromatic N) is 3. The molecule has 1 aromatic heterocycles. The van der Waals surface area contributed by atoms with Gasteiger partial charge in [-0.1, -0.05) is 18.2 Å². The lowest BCUT2D eigenvalue weighted by Crippen LogP contribution is -2.49. The van der Waals surface area contributed by atoms with Crippen LogP contribution < -0.4 is 10.2 Å². The zero-order valence-electron chi connectivity index (χ0n) is 14.4. The second kappa shape index (κ2) is 8.42. The Balaban J connectivity index is 1.45. The molecule has 0 bridgehead atoms. The fraction of sp³-hybridized carbons (Fsp3) is 0.316. The number of halogens is 1. The molecular weight excluding hydrogens is 335 g/mol. The minimum atomic E-state index is -0.310. The molecule has 1 aliphatic heterocycles. The van der Waals surface area contributed by atoms with Crippen LogP contribution in [-0.2, 0) is 16.1 Å². The fourth-order valence-electron chi connectivity index (χ4n) is 2.92. The lowest BCUT2D eigenvalue weighted by atomic mass is 10.2. The smallest absolute Gasteiger partial charge is 0.232 e. The first-order valence-electron chi connectivity index (χ1n) is 8.56. The predicted molar refractivity (Wildman–Crippen MR) is 95.9 cm³/mol. The molecule has 1 aliphatic rings. The maximum atomic E-state index is 13.8. The Morgan fingerprint density at radius 3 is 2.54 bits per heavy atom. The van der Waals surface area contributed by atoms with Gasteiger partial charge in [0.15, 0.2) is 0 Å². The fourth-order valence-corrected chi connectivity index (χ4v) is 2.92. The van der Waals surface area contributed by atoms with Gasteiger partial charge in [-0.05, 0) is 23.8 Å². The van der Waals surface area contributed by atoms with Gasteiger partial charge >= 0.3 is 0 Å². The zero-order chi connectivity index (χ0) is 18.4. The highest BCUT2D eigenvalue weighted by atomic mass is 19.1. The van der Waals surface area contributed by atoms with Crippen molar-refractivity contribution in [2.45, 2.75) is 13.0 Å². The quantitative estimate of drug-likeness (QED) is 0.826. The molecule has 0 radical (unpaired) electrons. The molecule has 26 heavy (non-hydrogen) atoms. The molecule has 2 aromatic rings. The minimum absolute atomic E-state index is 0.181. The molecule has 1 aromatic carbocycles. The van der Waals surface area contributed by atoms with Crippen molar-refractivity contribution in [3.63, 3.8) is 0 Å². The van der Waals surface area contributed by atoms with E-state index in [0.29, 0.717) is 38.4 Å². The topological polar surface area (TPSA) is 65.5 Å². The lowest BCUT2D eigenvalue weighted by Gasteiger charge is -2.36. The summed E-state index contributed by atoms with van der Waals surface area (Å²) in [5.74, 6) is -0.778. The molecule has 1 saturated heterocycles. The zero-order valence-corrected chi connectivity index (χ0v) is 14.4. The average Bonchev–Trinajstić information content (AvgIpc) is 2.68. The Labute approximate surface area is 151 Å². The van der Waals surface area contributed by atoms with Crippen LogP contribution in [0.2, 0.25) is 0 Å². The number of benzene rings is 1. The number of hydrogen-bond donors (Lipinski definition) is 1. The molecule has 0 spiro atoms. The Hall–Kier alpha value is -2.96. The molecule has 6 nitrogen and oxygen atoms in total. The van der Waals surface area contributed by atoms with Crippen LogP contribution >= 0.6 is 0 Å². The largest absolute Gasteiger partial charge is 0.366 e. The number of anilines is 1. The first-order valence-corrected chi connectivity index (χ1v) is 8.56. The van der Waals surface area contributed by atoms with Gasteiger partial charge in [0.25, 0.3) is 0 Å². The van der Waals surface area contributed by atoms with Gasteiger partial charge < -0.3 is 15.1 Å². The van der Waals surface area contributed by atoms with Gasteiger partial charge in [-0.15, -0.1) is 0 Å². The summed E-state index contributed by atoms with van der Waals surface area (Å²) in [6.07, 6.45) is 3.15. The van der Waals surface area contributed by atoms with Crippen LogP contribution in [0.3, 0.4) is 0 Å². The normalized spacial score (nSPS) is 14.2. The number of piperazine rings is 1. The van der Waals surface area contributed by atoms with Crippen LogP contribution in [0.5, 0.6) is 0 Å². The molecule has 1 fully saturated rings. The summed E-state index contributed by atoms with van der Waals surface area (Å²) >= 11 is 0. The minimum Gasteiger partial charge on any atom is -0.366 e. The highest BCUT2D eigenvalue weighted by Crippen LogP contribution is 2.20. The standard InChI is InChI=1S/C19H21FN4O2/c20-16-5-1-2-6-17(16)23-8-10-24(11-9-23)19(26)12-18(25)22-14-15-4-3-7-21-13-15/h1-7,13H,8-12,14H2,(H,22,25). The van der Waals surface area contributed by atoms with E-state index in [-0.39, 0.29) is 24.1 Å². The molecule has 3 rings (SSSR count). The van der Waals surface area contributed by atoms with Gasteiger partial charge in [0.1, 0.15) is 12.2 Å². The summed E-state index contributed by atoms with van der Waals surface area (Å²) < 4.78 is 13.8. The molecule has 2 heterocycles. The van der Waals surface area contributed by atoms with Gasteiger partial charge in [-0.3, -0.25) is 14.6 Å². The van der Waals surface area contributed by atoms with Crippen molar-refractivity contribution in [2.75, 3.05) is 31.1 Å². The maximum Gasteiger partial charge on any atom is 0.232 e. The van der Waals surface area contributed by atoms with Crippen LogP contribution in [0.4, 0.5) is 10.1 Å². The van der Waals surface area contributed by atoms with E-state index >= 15 is 0 Å². The third kappa shape index (κ3) is 4.56. The number of rotatable bonds is 5. The van der Waals surface area contributed by atoms with Crippen LogP contribution in [0.15, 0.2) is 48.8 Å². The van der Waals surface area contributed by atoms with Crippen LogP contribution in [0.1, 0.15) is 12.0 Å². The highest BCUT2D eigenvalue weighted by Gasteiger charge is 2.23. The number of hydrogen-bond acceptors (Lipinski definition) is 4. The molecule has 0 unspecified atom stereocenters. The number of carbonyl (C=O) groups excluding carboxylic acids is 2. The SMILES string of the molecule is O=C(CC(=O)N1CCN(c2ccccc2F)CC1)NCc1cccnc1. The second-order valence-corrected chi connectivity index (χ2v) is 6.13. The number of aromatic nitrogens is 1. The first kappa shape index (κ1) is 17.8. The van der Waals surface area contributed by atoms with Crippen LogP contribution in [-0.4, -0.2) is 47.9 Å². The molecule has 1 N–H and O–H groups in total. The monoisotopic (exact) mass is 356 g/mol. The van der Waals surface area contributed by atoms with Crippen LogP contribution in [0.25, 0.3) is 0 Å². The number of carbonyl (C=O) groups is 2. The van der Waals surface area contributed by atoms with E-state index in [4.69, 9.17) is 0 Å². The number of pyridine rings is 1. The Morgan fingerprint density at radius 1 is 1.08 bits per heavy atom. The van der Waals surface area contributed by atoms with Crippen molar-refractivity contribution in [2.24, 2.45) is 0 Å². The van der Waals surface area contributed by atoms with E-state index < -0.39 is 0 Å². The molecule has 136 valence electrons. The van der Waals surface area contributed by atoms with E-state index in [2.05, 4.69) is 10.3 Å². The van der Waals surface area contributed by atoms with Crippen molar-refractivity contribution in [1.82, 2.24) is 15.2 Å². The maximum absolute atomic E-state index is 13.8. The first-order chi connectivity index (χ1) is 12.6. The molecule has 7 heteroatoms. The molecule has 0 aliphatic carbocycles. The van der Waals surface area contributed by atoms with Crippen molar-refractivity contribution in [1.29, 1.82) is 0 Å². The van der Waals surface area contributed by atoms with Gasteiger partial charge in [0.05, 0.1) is 5.69 Å². The molecule has 2 amide bonds. The van der Waals surface area contributed by atoms with Gasteiger partial charge in [0, 0.05) is 45.1 Å². The summed E-state index contributed by atoms with van der Waals surface area (Å²) in [6.45, 7) is 2.39. The van der Waals surface area contributed by atoms with E-state index in [0.717, 1.165) is 5.56 Å². The Morgan fingerprint density at radius 2 is 1.85 bits per heavy atom. The second-order valence-electron chi connectivity index (χ2n) is 6.13. The van der Waals surface area contributed by atoms with Crippen molar-refractivity contribution in [3.8, 4) is 0 Å². The van der Waals surface area contributed by atoms with Crippen molar-refractivity contribution >= 4 is 17.5 Å². The van der Waals surface area contributed by atoms with Crippen molar-refractivity contribution < 1.29 is 14.0 Å². The van der Waals surface area contributed by atoms with Crippen molar-refractivity contribution in [3.05, 3.63) is 60.2 Å². The predicted octanol–water partition coefficient (Wildman–Crippen LogP) is 1.58. The number of nitrogens with one attached hydrogen (secondary N) is 1. The van der Waals surface area contributed by atoms with E-state index in [1.54, 1.807) is 41.6 Å². The summed E-state index contributed by atoms with van der Waals surface area (Å²) in [5, 5.41) is 2.72. The third-order valence-corrected chi connectivity index (χ3v) is 4.35. The number of amides is 2. The lowest BCUT2D eigenvalue weighted by molar-refractivity contribution is -0.136. The van der Waals surface area contributed by atoms with Gasteiger partial charge in [0.2, 0.25) is 11.8 Å². The van der Waals surface area contributed by atoms with Gasteiger partial charge in [-0.2, -0.15) is 0 Å². The van der Waals surface area contributed by atoms with E-state index in [1.165, 1.54) is 6.07 Å². The Bertz CT molecular complexity index is 761. The number of para-hydroxylation sites is 1. The van der Waals surface area contributed by atoms with Gasteiger partial charge in [-0.25, -0.2) is 4.39 Å². The van der Waals surface area contributed by atoms with E-state index in [1.807, 2.05) is 11.0 Å². The summed E-state index contributed by atoms with van der Waals surface area (Å²) in [6, 6.07) is 10.3. The molecule has 0 atom stereocenters. The highest BCUT2D eigenvalue weighted by molar-refractivity contribution is 5.96. The summed E-state index contributed by atoms with van der Waals surface area (Å²) in [4.78, 5) is 31.8. The summed E-state index contributed by atoms with van der Waals surface area (Å²) in [7, 11) is 0. The molecular formula is C19H21FN4O2. The van der Waals surface area contributed by atoms with E-state index in [9.17, 15) is 14.0 Å². The summed E-state index contributed by atoms with van der Waals surface area (Å²) in [5.41, 5.74) is 1.43. The van der Waals surface area contributed by atoms with Crippen LogP contribution in [0, 0.1) is 5.82 Å². The average molecular weight is 356 g/mol. The molecule has 0 saturated carbocycles. The Kier molecular flexibility index (Phi) is 5.78. The third-order valence-electron chi connectivity index (χ3n) is 4.35.